The number of hydrogen-bond donors (Lipinski definition) is 0. The van der Waals surface area contributed by atoms with Crippen molar-refractivity contribution in [2.75, 3.05) is 31.2 Å². The Hall–Kier alpha value is -3.16. The lowest BCUT2D eigenvalue weighted by atomic mass is 9.90. The SMILES string of the molecule is Cc1ccc2oc(C3(F)CCN(c4c5c(n(C)c(=O)c4C#N)C=C(OC4CCOC4)C(Br)C5)CC3)nc2c1. The minimum atomic E-state index is -1.72. The van der Waals surface area contributed by atoms with Gasteiger partial charge in [-0.15, -0.1) is 0 Å². The maximum Gasteiger partial charge on any atom is 0.270 e. The lowest BCUT2D eigenvalue weighted by Crippen LogP contribution is -2.43. The van der Waals surface area contributed by atoms with Crippen LogP contribution in [0.2, 0.25) is 0 Å². The zero-order chi connectivity index (χ0) is 26.6. The first-order chi connectivity index (χ1) is 18.3. The summed E-state index contributed by atoms with van der Waals surface area (Å²) in [6.07, 6.45) is 3.49. The molecular formula is C28H28BrFN4O4. The van der Waals surface area contributed by atoms with Crippen molar-refractivity contribution < 1.29 is 18.3 Å². The van der Waals surface area contributed by atoms with Gasteiger partial charge >= 0.3 is 0 Å². The van der Waals surface area contributed by atoms with Crippen molar-refractivity contribution in [1.29, 1.82) is 5.26 Å². The summed E-state index contributed by atoms with van der Waals surface area (Å²) < 4.78 is 35.1. The molecule has 38 heavy (non-hydrogen) atoms. The number of piperidine rings is 1. The number of nitriles is 1. The van der Waals surface area contributed by atoms with Crippen LogP contribution in [0, 0.1) is 18.3 Å². The number of aromatic nitrogens is 2. The van der Waals surface area contributed by atoms with Crippen LogP contribution in [0.4, 0.5) is 10.1 Å². The smallest absolute Gasteiger partial charge is 0.270 e. The van der Waals surface area contributed by atoms with Gasteiger partial charge < -0.3 is 23.4 Å². The summed E-state index contributed by atoms with van der Waals surface area (Å²) in [6, 6.07) is 7.74. The lowest BCUT2D eigenvalue weighted by Gasteiger charge is -2.38. The molecule has 2 atom stereocenters. The highest BCUT2D eigenvalue weighted by atomic mass is 79.9. The number of benzene rings is 1. The Balaban J connectivity index is 1.33. The predicted molar refractivity (Wildman–Crippen MR) is 144 cm³/mol. The van der Waals surface area contributed by atoms with E-state index in [4.69, 9.17) is 13.9 Å². The molecule has 2 unspecified atom stereocenters. The average molecular weight is 583 g/mol. The first-order valence-corrected chi connectivity index (χ1v) is 13.8. The molecule has 6 rings (SSSR count). The minimum absolute atomic E-state index is 0.0201. The quantitative estimate of drug-likeness (QED) is 0.414. The van der Waals surface area contributed by atoms with E-state index in [9.17, 15) is 10.1 Å². The molecule has 2 aliphatic heterocycles. The van der Waals surface area contributed by atoms with Crippen molar-refractivity contribution in [3.63, 3.8) is 0 Å². The zero-order valence-electron chi connectivity index (χ0n) is 21.3. The summed E-state index contributed by atoms with van der Waals surface area (Å²) in [5.74, 6) is 0.830. The van der Waals surface area contributed by atoms with Gasteiger partial charge in [0.15, 0.2) is 11.3 Å². The van der Waals surface area contributed by atoms with Crippen molar-refractivity contribution in [2.24, 2.45) is 7.05 Å². The Morgan fingerprint density at radius 3 is 2.82 bits per heavy atom. The van der Waals surface area contributed by atoms with E-state index < -0.39 is 5.67 Å². The summed E-state index contributed by atoms with van der Waals surface area (Å²) in [7, 11) is 1.67. The standard InChI is InChI=1S/C28H28BrFN4O4/c1-16-3-4-23-21(11-16)32-27(38-23)28(30)6-8-34(9-7-28)25-18-12-20(29)24(37-17-5-10-36-15-17)13-22(18)33(2)26(35)19(25)14-31/h3-4,11,13,17,20H,5-10,12,15H2,1-2H3. The average Bonchev–Trinajstić information content (AvgIpc) is 3.58. The number of pyridine rings is 1. The third-order valence-electron chi connectivity index (χ3n) is 7.78. The van der Waals surface area contributed by atoms with Crippen molar-refractivity contribution in [2.45, 2.75) is 49.2 Å². The third-order valence-corrected chi connectivity index (χ3v) is 8.56. The number of nitrogens with zero attached hydrogens (tertiary/aromatic N) is 4. The van der Waals surface area contributed by atoms with E-state index in [1.165, 1.54) is 4.57 Å². The summed E-state index contributed by atoms with van der Waals surface area (Å²) in [4.78, 5) is 19.6. The first kappa shape index (κ1) is 25.1. The number of allylic oxidation sites excluding steroid dienone is 1. The van der Waals surface area contributed by atoms with Crippen LogP contribution in [-0.2, 0) is 28.6 Å². The number of oxazole rings is 1. The molecule has 1 aromatic carbocycles. The molecular weight excluding hydrogens is 555 g/mol. The highest BCUT2D eigenvalue weighted by Crippen LogP contribution is 2.42. The van der Waals surface area contributed by atoms with Gasteiger partial charge in [0.1, 0.15) is 29.0 Å². The molecule has 2 aromatic heterocycles. The van der Waals surface area contributed by atoms with Gasteiger partial charge in [-0.2, -0.15) is 5.26 Å². The highest BCUT2D eigenvalue weighted by molar-refractivity contribution is 9.09. The van der Waals surface area contributed by atoms with Gasteiger partial charge in [-0.1, -0.05) is 22.0 Å². The van der Waals surface area contributed by atoms with Gasteiger partial charge in [-0.05, 0) is 31.0 Å². The number of ether oxygens (including phenoxy) is 2. The van der Waals surface area contributed by atoms with E-state index in [1.807, 2.05) is 36.1 Å². The minimum Gasteiger partial charge on any atom is -0.491 e. The monoisotopic (exact) mass is 582 g/mol. The molecule has 0 spiro atoms. The van der Waals surface area contributed by atoms with Gasteiger partial charge in [-0.3, -0.25) is 4.79 Å². The molecule has 0 amide bonds. The Labute approximate surface area is 227 Å². The molecule has 4 heterocycles. The lowest BCUT2D eigenvalue weighted by molar-refractivity contribution is 0.0896. The fourth-order valence-corrected chi connectivity index (χ4v) is 6.19. The molecule has 0 saturated carbocycles. The second-order valence-electron chi connectivity index (χ2n) is 10.3. The topological polar surface area (TPSA) is 93.5 Å². The molecule has 0 bridgehead atoms. The third kappa shape index (κ3) is 4.22. The summed E-state index contributed by atoms with van der Waals surface area (Å²) >= 11 is 3.75. The Morgan fingerprint density at radius 1 is 1.32 bits per heavy atom. The molecule has 3 aromatic rings. The Bertz CT molecular complexity index is 1540. The second kappa shape index (κ2) is 9.54. The molecule has 0 radical (unpaired) electrons. The van der Waals surface area contributed by atoms with Gasteiger partial charge in [0.2, 0.25) is 5.89 Å². The van der Waals surface area contributed by atoms with Gasteiger partial charge in [0, 0.05) is 51.0 Å². The van der Waals surface area contributed by atoms with Gasteiger partial charge in [-0.25, -0.2) is 9.37 Å². The van der Waals surface area contributed by atoms with Crippen molar-refractivity contribution in [3.05, 3.63) is 62.6 Å². The van der Waals surface area contributed by atoms with Crippen LogP contribution >= 0.6 is 15.9 Å². The highest BCUT2D eigenvalue weighted by Gasteiger charge is 2.42. The van der Waals surface area contributed by atoms with Gasteiger partial charge in [0.25, 0.3) is 5.56 Å². The maximum atomic E-state index is 16.1. The van der Waals surface area contributed by atoms with Crippen LogP contribution in [-0.4, -0.2) is 46.8 Å². The van der Waals surface area contributed by atoms with Crippen LogP contribution in [0.25, 0.3) is 17.2 Å². The second-order valence-corrected chi connectivity index (χ2v) is 11.4. The number of anilines is 1. The van der Waals surface area contributed by atoms with Crippen LogP contribution in [0.15, 0.2) is 33.2 Å². The number of rotatable bonds is 4. The molecule has 2 saturated heterocycles. The number of halogens is 2. The van der Waals surface area contributed by atoms with Crippen molar-refractivity contribution >= 4 is 38.8 Å². The number of fused-ring (bicyclic) bond motifs is 2. The Kier molecular flexibility index (Phi) is 6.31. The van der Waals surface area contributed by atoms with E-state index in [0.29, 0.717) is 55.2 Å². The molecule has 3 aliphatic rings. The summed E-state index contributed by atoms with van der Waals surface area (Å²) in [6.45, 7) is 3.81. The fourth-order valence-electron chi connectivity index (χ4n) is 5.63. The zero-order valence-corrected chi connectivity index (χ0v) is 22.9. The van der Waals surface area contributed by atoms with Crippen molar-refractivity contribution in [3.8, 4) is 6.07 Å². The normalized spacial score (nSPS) is 22.7. The van der Waals surface area contributed by atoms with Crippen LogP contribution in [0.1, 0.15) is 47.5 Å². The van der Waals surface area contributed by atoms with Crippen LogP contribution in [0.3, 0.4) is 0 Å². The number of alkyl halides is 2. The molecule has 198 valence electrons. The number of aryl methyl sites for hydroxylation is 1. The van der Waals surface area contributed by atoms with E-state index >= 15 is 4.39 Å². The number of hydrogen-bond acceptors (Lipinski definition) is 7. The largest absolute Gasteiger partial charge is 0.491 e. The van der Waals surface area contributed by atoms with Gasteiger partial charge in [0.05, 0.1) is 29.4 Å². The molecule has 8 nitrogen and oxygen atoms in total. The molecule has 0 N–H and O–H groups in total. The Morgan fingerprint density at radius 2 is 2.11 bits per heavy atom. The van der Waals surface area contributed by atoms with Crippen molar-refractivity contribution in [1.82, 2.24) is 9.55 Å². The predicted octanol–water partition coefficient (Wildman–Crippen LogP) is 4.64. The van der Waals surface area contributed by atoms with Crippen LogP contribution < -0.4 is 10.5 Å². The van der Waals surface area contributed by atoms with E-state index in [-0.39, 0.29) is 40.8 Å². The van der Waals surface area contributed by atoms with E-state index in [2.05, 4.69) is 27.0 Å². The van der Waals surface area contributed by atoms with Crippen LogP contribution in [0.5, 0.6) is 0 Å². The summed E-state index contributed by atoms with van der Waals surface area (Å²) in [5.41, 5.74) is 2.40. The molecule has 2 fully saturated rings. The summed E-state index contributed by atoms with van der Waals surface area (Å²) in [5, 5.41) is 9.99. The molecule has 1 aliphatic carbocycles. The van der Waals surface area contributed by atoms with E-state index in [1.54, 1.807) is 7.05 Å². The first-order valence-electron chi connectivity index (χ1n) is 12.8. The van der Waals surface area contributed by atoms with E-state index in [0.717, 1.165) is 23.3 Å². The maximum absolute atomic E-state index is 16.1. The fraction of sp³-hybridized carbons (Fsp3) is 0.464. The molecule has 10 heteroatoms.